The Morgan fingerprint density at radius 1 is 1.42 bits per heavy atom. The van der Waals surface area contributed by atoms with Gasteiger partial charge in [0.05, 0.1) is 6.04 Å². The lowest BCUT2D eigenvalue weighted by Gasteiger charge is -2.47. The average Bonchev–Trinajstić information content (AvgIpc) is 3.15. The molecule has 0 spiro atoms. The molecule has 3 unspecified atom stereocenters. The molecule has 0 radical (unpaired) electrons. The lowest BCUT2D eigenvalue weighted by atomic mass is 9.90. The highest BCUT2D eigenvalue weighted by Crippen LogP contribution is 2.42. The van der Waals surface area contributed by atoms with Gasteiger partial charge in [-0.05, 0) is 58.6 Å². The van der Waals surface area contributed by atoms with Crippen molar-refractivity contribution in [1.29, 1.82) is 0 Å². The zero-order chi connectivity index (χ0) is 13.6. The number of nitrogens with one attached hydrogen (secondary N) is 1. The molecule has 0 bridgehead atoms. The fourth-order valence-corrected chi connectivity index (χ4v) is 3.44. The van der Waals surface area contributed by atoms with Crippen molar-refractivity contribution in [2.75, 3.05) is 13.1 Å². The van der Waals surface area contributed by atoms with Gasteiger partial charge in [0.25, 0.3) is 0 Å². The molecule has 0 aromatic carbocycles. The molecule has 1 saturated carbocycles. The zero-order valence-electron chi connectivity index (χ0n) is 12.6. The van der Waals surface area contributed by atoms with Gasteiger partial charge in [-0.3, -0.25) is 4.90 Å². The number of hydrogen-bond acceptors (Lipinski definition) is 3. The SMILES string of the molecule is Cc1ccc(C(C)N2CC(C)(C3CC3)NCC2C)o1. The van der Waals surface area contributed by atoms with E-state index in [0.717, 1.165) is 30.5 Å². The minimum absolute atomic E-state index is 0.294. The molecule has 1 saturated heterocycles. The second-order valence-corrected chi connectivity index (χ2v) is 6.72. The van der Waals surface area contributed by atoms with Crippen molar-refractivity contribution in [3.05, 3.63) is 23.7 Å². The molecule has 2 aliphatic rings. The summed E-state index contributed by atoms with van der Waals surface area (Å²) < 4.78 is 5.83. The summed E-state index contributed by atoms with van der Waals surface area (Å²) in [5.41, 5.74) is 0.294. The van der Waals surface area contributed by atoms with E-state index in [4.69, 9.17) is 4.42 Å². The molecular formula is C16H26N2O. The van der Waals surface area contributed by atoms with Crippen LogP contribution in [0.5, 0.6) is 0 Å². The molecular weight excluding hydrogens is 236 g/mol. The fourth-order valence-electron chi connectivity index (χ4n) is 3.44. The number of nitrogens with zero attached hydrogens (tertiary/aromatic N) is 1. The Balaban J connectivity index is 1.77. The molecule has 106 valence electrons. The van der Waals surface area contributed by atoms with Crippen molar-refractivity contribution in [3.63, 3.8) is 0 Å². The second-order valence-electron chi connectivity index (χ2n) is 6.72. The van der Waals surface area contributed by atoms with Gasteiger partial charge >= 0.3 is 0 Å². The van der Waals surface area contributed by atoms with E-state index in [1.807, 2.05) is 6.92 Å². The van der Waals surface area contributed by atoms with Crippen LogP contribution in [-0.2, 0) is 0 Å². The van der Waals surface area contributed by atoms with Gasteiger partial charge < -0.3 is 9.73 Å². The van der Waals surface area contributed by atoms with Gasteiger partial charge in [0, 0.05) is 24.7 Å². The van der Waals surface area contributed by atoms with E-state index >= 15 is 0 Å². The van der Waals surface area contributed by atoms with Crippen molar-refractivity contribution in [3.8, 4) is 0 Å². The van der Waals surface area contributed by atoms with Crippen molar-refractivity contribution in [1.82, 2.24) is 10.2 Å². The van der Waals surface area contributed by atoms with Crippen molar-refractivity contribution < 1.29 is 4.42 Å². The third kappa shape index (κ3) is 2.46. The largest absolute Gasteiger partial charge is 0.465 e. The minimum atomic E-state index is 0.294. The highest BCUT2D eigenvalue weighted by atomic mass is 16.3. The van der Waals surface area contributed by atoms with E-state index in [1.165, 1.54) is 12.8 Å². The van der Waals surface area contributed by atoms with Crippen LogP contribution in [0.1, 0.15) is 51.2 Å². The third-order valence-corrected chi connectivity index (χ3v) is 5.03. The predicted molar refractivity (Wildman–Crippen MR) is 77.2 cm³/mol. The van der Waals surface area contributed by atoms with E-state index in [9.17, 15) is 0 Å². The Bertz CT molecular complexity index is 451. The maximum Gasteiger partial charge on any atom is 0.121 e. The molecule has 1 aliphatic carbocycles. The molecule has 2 heterocycles. The number of piperazine rings is 1. The van der Waals surface area contributed by atoms with E-state index in [2.05, 4.69) is 43.1 Å². The Morgan fingerprint density at radius 2 is 2.16 bits per heavy atom. The van der Waals surface area contributed by atoms with Crippen molar-refractivity contribution >= 4 is 0 Å². The van der Waals surface area contributed by atoms with Crippen molar-refractivity contribution in [2.45, 2.75) is 58.2 Å². The summed E-state index contributed by atoms with van der Waals surface area (Å²) >= 11 is 0. The first-order valence-corrected chi connectivity index (χ1v) is 7.57. The molecule has 19 heavy (non-hydrogen) atoms. The van der Waals surface area contributed by atoms with Gasteiger partial charge in [-0.15, -0.1) is 0 Å². The summed E-state index contributed by atoms with van der Waals surface area (Å²) in [7, 11) is 0. The molecule has 1 aromatic rings. The van der Waals surface area contributed by atoms with Crippen LogP contribution in [0.4, 0.5) is 0 Å². The Kier molecular flexibility index (Phi) is 3.22. The number of hydrogen-bond donors (Lipinski definition) is 1. The lowest BCUT2D eigenvalue weighted by molar-refractivity contribution is 0.0439. The van der Waals surface area contributed by atoms with E-state index in [0.29, 0.717) is 17.6 Å². The highest BCUT2D eigenvalue weighted by molar-refractivity contribution is 5.12. The molecule has 1 aliphatic heterocycles. The van der Waals surface area contributed by atoms with E-state index in [-0.39, 0.29) is 0 Å². The summed E-state index contributed by atoms with van der Waals surface area (Å²) in [4.78, 5) is 2.60. The first-order chi connectivity index (χ1) is 8.99. The Labute approximate surface area is 116 Å². The minimum Gasteiger partial charge on any atom is -0.465 e. The number of rotatable bonds is 3. The summed E-state index contributed by atoms with van der Waals surface area (Å²) in [6.07, 6.45) is 2.78. The van der Waals surface area contributed by atoms with E-state index in [1.54, 1.807) is 0 Å². The van der Waals surface area contributed by atoms with E-state index < -0.39 is 0 Å². The fraction of sp³-hybridized carbons (Fsp3) is 0.750. The van der Waals surface area contributed by atoms with Gasteiger partial charge in [-0.2, -0.15) is 0 Å². The Hall–Kier alpha value is -0.800. The van der Waals surface area contributed by atoms with Gasteiger partial charge in [0.1, 0.15) is 11.5 Å². The number of furan rings is 1. The molecule has 3 atom stereocenters. The molecule has 3 heteroatoms. The van der Waals surface area contributed by atoms with Crippen LogP contribution < -0.4 is 5.32 Å². The highest BCUT2D eigenvalue weighted by Gasteiger charge is 2.46. The van der Waals surface area contributed by atoms with Crippen LogP contribution in [0.2, 0.25) is 0 Å². The Morgan fingerprint density at radius 3 is 2.74 bits per heavy atom. The predicted octanol–water partition coefficient (Wildman–Crippen LogP) is 3.11. The van der Waals surface area contributed by atoms with Crippen LogP contribution in [0.25, 0.3) is 0 Å². The van der Waals surface area contributed by atoms with Crippen LogP contribution in [0, 0.1) is 12.8 Å². The molecule has 3 nitrogen and oxygen atoms in total. The second kappa shape index (κ2) is 4.64. The summed E-state index contributed by atoms with van der Waals surface area (Å²) in [5, 5.41) is 3.78. The molecule has 3 rings (SSSR count). The number of aryl methyl sites for hydroxylation is 1. The van der Waals surface area contributed by atoms with Gasteiger partial charge in [-0.1, -0.05) is 0 Å². The molecule has 2 fully saturated rings. The van der Waals surface area contributed by atoms with Gasteiger partial charge in [0.15, 0.2) is 0 Å². The monoisotopic (exact) mass is 262 g/mol. The summed E-state index contributed by atoms with van der Waals surface area (Å²) in [5.74, 6) is 2.98. The first kappa shape index (κ1) is 13.2. The maximum absolute atomic E-state index is 5.83. The maximum atomic E-state index is 5.83. The van der Waals surface area contributed by atoms with Crippen LogP contribution in [-0.4, -0.2) is 29.6 Å². The lowest BCUT2D eigenvalue weighted by Crippen LogP contribution is -2.63. The smallest absolute Gasteiger partial charge is 0.121 e. The van der Waals surface area contributed by atoms with Crippen LogP contribution >= 0.6 is 0 Å². The summed E-state index contributed by atoms with van der Waals surface area (Å²) in [6.45, 7) is 11.2. The van der Waals surface area contributed by atoms with Crippen LogP contribution in [0.3, 0.4) is 0 Å². The van der Waals surface area contributed by atoms with Crippen LogP contribution in [0.15, 0.2) is 16.5 Å². The van der Waals surface area contributed by atoms with Gasteiger partial charge in [0.2, 0.25) is 0 Å². The third-order valence-electron chi connectivity index (χ3n) is 5.03. The molecule has 0 amide bonds. The standard InChI is InChI=1S/C16H26N2O/c1-11-9-17-16(4,14-6-7-14)10-18(11)13(3)15-8-5-12(2)19-15/h5,8,11,13-14,17H,6-7,9-10H2,1-4H3. The molecule has 1 aromatic heterocycles. The van der Waals surface area contributed by atoms with Crippen molar-refractivity contribution in [2.24, 2.45) is 5.92 Å². The molecule has 1 N–H and O–H groups in total. The normalized spacial score (nSPS) is 34.4. The first-order valence-electron chi connectivity index (χ1n) is 7.57. The average molecular weight is 262 g/mol. The zero-order valence-corrected chi connectivity index (χ0v) is 12.6. The topological polar surface area (TPSA) is 28.4 Å². The summed E-state index contributed by atoms with van der Waals surface area (Å²) in [6, 6.07) is 5.12. The van der Waals surface area contributed by atoms with Gasteiger partial charge in [-0.25, -0.2) is 0 Å². The quantitative estimate of drug-likeness (QED) is 0.907.